The summed E-state index contributed by atoms with van der Waals surface area (Å²) in [5, 5.41) is 0. The molecule has 1 nitrogen and oxygen atoms in total. The van der Waals surface area contributed by atoms with Gasteiger partial charge in [0.25, 0.3) is 0 Å². The first-order valence-corrected chi connectivity index (χ1v) is 42.7. The topological polar surface area (TPSA) is 3.01 Å². The van der Waals surface area contributed by atoms with Gasteiger partial charge in [0.15, 0.2) is 0 Å². The third kappa shape index (κ3) is 10.4. The van der Waals surface area contributed by atoms with Crippen molar-refractivity contribution in [3.8, 4) is 11.1 Å². The minimum atomic E-state index is 0.0328. The molecule has 0 radical (unpaired) electrons. The molecule has 506 valence electrons. The summed E-state index contributed by atoms with van der Waals surface area (Å²) >= 11 is 0.788. The first-order valence-electron chi connectivity index (χ1n) is 39.3. The van der Waals surface area contributed by atoms with E-state index in [1.54, 1.807) is 11.1 Å². The maximum atomic E-state index is 2.89. The first-order chi connectivity index (χ1) is 44.2. The molecule has 17 aliphatic carbocycles. The Morgan fingerprint density at radius 1 is 0.358 bits per heavy atom. The van der Waals surface area contributed by atoms with Crippen LogP contribution in [-0.4, -0.2) is 35.6 Å². The fourth-order valence-corrected chi connectivity index (χ4v) is 37.3. The van der Waals surface area contributed by atoms with Crippen molar-refractivity contribution in [1.29, 1.82) is 0 Å². The fourth-order valence-electron chi connectivity index (χ4n) is 31.0. The molecule has 3 aliphatic heterocycles. The van der Waals surface area contributed by atoms with E-state index in [1.165, 1.54) is 205 Å². The molecule has 0 spiro atoms. The average Bonchev–Trinajstić information content (AvgIpc) is 1.37. The Morgan fingerprint density at radius 2 is 0.632 bits per heavy atom. The van der Waals surface area contributed by atoms with Crippen molar-refractivity contribution in [2.75, 3.05) is 0 Å². The van der Waals surface area contributed by atoms with E-state index in [0.717, 1.165) is 36.5 Å². The van der Waals surface area contributed by atoms with Gasteiger partial charge in [0.05, 0.1) is 0 Å². The normalized spacial score (nSPS) is 46.4. The van der Waals surface area contributed by atoms with Gasteiger partial charge in [-0.05, 0) is 10.8 Å². The molecular weight excluding hydrogens is 1280 g/mol. The first kappa shape index (κ1) is 64.2. The molecule has 17 saturated carbocycles. The van der Waals surface area contributed by atoms with Crippen LogP contribution in [0.4, 0.5) is 11.4 Å². The van der Waals surface area contributed by atoms with Crippen LogP contribution >= 0.6 is 0 Å². The van der Waals surface area contributed by atoms with E-state index in [4.69, 9.17) is 0 Å². The van der Waals surface area contributed by atoms with Gasteiger partial charge in [-0.1, -0.05) is 41.5 Å². The SMILES string of the molecule is CC12CC3CC(C)(C1)CC(C1=CC(=C/C=C4\CC(C(C)(C)C)C/C(=C\C=C5C=C(C67CC8CC(C)(CC(C)(C8)C6)C7)[Se]C(C67CC8CC(C)(CC(C)(C8)C6)C7)=C5)C4=[N+]4c5ccc(C(C)(C)C)cc5-c5cc(C(C)(C)C)ccc54)C=C(C45CC6CC(C)(CC(C)(C6)C4)C5)[Se]1)(C3)C2. The number of rotatable bonds is 6. The predicted molar refractivity (Wildman–Crippen MR) is 403 cm³/mol. The van der Waals surface area contributed by atoms with E-state index in [9.17, 15) is 0 Å². The molecule has 3 heteroatoms. The van der Waals surface area contributed by atoms with Crippen LogP contribution in [0.25, 0.3) is 11.1 Å². The molecule has 20 aliphatic rings. The van der Waals surface area contributed by atoms with Gasteiger partial charge in [-0.25, -0.2) is 0 Å². The Balaban J connectivity index is 0.854. The average molecular weight is 1400 g/mol. The zero-order chi connectivity index (χ0) is 66.3. The summed E-state index contributed by atoms with van der Waals surface area (Å²) in [7, 11) is 0. The van der Waals surface area contributed by atoms with Gasteiger partial charge in [0.1, 0.15) is 0 Å². The second kappa shape index (κ2) is 20.0. The van der Waals surface area contributed by atoms with Crippen LogP contribution in [0.3, 0.4) is 0 Å². The molecule has 0 amide bonds. The molecule has 3 heterocycles. The van der Waals surface area contributed by atoms with E-state index in [2.05, 4.69) is 207 Å². The Morgan fingerprint density at radius 3 is 0.874 bits per heavy atom. The van der Waals surface area contributed by atoms with E-state index >= 15 is 0 Å². The van der Waals surface area contributed by atoms with E-state index < -0.39 is 0 Å². The number of fused-ring (bicyclic) bond motifs is 3. The summed E-state index contributed by atoms with van der Waals surface area (Å²) in [6, 6.07) is 15.3. The second-order valence-corrected chi connectivity index (χ2v) is 49.3. The Labute approximate surface area is 590 Å². The molecule has 17 fully saturated rings. The van der Waals surface area contributed by atoms with Crippen LogP contribution in [0.15, 0.2) is 125 Å². The standard InChI is InChI=1S/C92H122NSe2/c1-78(2,3)66-22-24-71-69(32-66)70-33-67(79(4,5)6)23-25-72(70)93(71)77-64(20-18-58-26-73(89-42-60-34-81(10,50-89)46-82(11,35-60)51-89)94-74(27-58)90-43-61-36-83(12,52-90)47-84(13,37-61)53-90)30-68(80(7,8)9)31-65(77)21-19-59-28-75(91-44-62-38-85(14,54-91)48-86(15,39-62)55-91)95-76(29-59)92-45-63-40-87(16,56-92)49-88(17,41-63)57-92/h18-29,32-33,60-63,68H,30-31,34-57H2,1-17H3/q+1/b58-18?,59-19?,64-20+,65-21+. The van der Waals surface area contributed by atoms with Gasteiger partial charge < -0.3 is 0 Å². The molecule has 0 saturated heterocycles. The summed E-state index contributed by atoms with van der Waals surface area (Å²) in [6.45, 7) is 44.1. The number of benzene rings is 2. The van der Waals surface area contributed by atoms with Crippen molar-refractivity contribution >= 4 is 47.0 Å². The molecule has 2 aromatic rings. The van der Waals surface area contributed by atoms with Crippen LogP contribution in [0, 0.1) is 100.0 Å². The van der Waals surface area contributed by atoms with Gasteiger partial charge in [-0.15, -0.1) is 0 Å². The number of hydrogen-bond donors (Lipinski definition) is 0. The molecule has 22 rings (SSSR count). The van der Waals surface area contributed by atoms with Crippen molar-refractivity contribution in [3.63, 3.8) is 0 Å². The summed E-state index contributed by atoms with van der Waals surface area (Å²) in [6.07, 6.45) is 59.5. The van der Waals surface area contributed by atoms with Crippen LogP contribution in [0.2, 0.25) is 0 Å². The van der Waals surface area contributed by atoms with Crippen LogP contribution in [0.5, 0.6) is 0 Å². The van der Waals surface area contributed by atoms with E-state index in [0.29, 0.717) is 101 Å². The van der Waals surface area contributed by atoms with Crippen LogP contribution in [0.1, 0.15) is 296 Å². The summed E-state index contributed by atoms with van der Waals surface area (Å²) in [5.41, 5.74) is 21.5. The monoisotopic (exact) mass is 1400 g/mol. The van der Waals surface area contributed by atoms with Crippen molar-refractivity contribution in [2.45, 2.75) is 295 Å². The molecular formula is C92H122NSe2+. The molecule has 16 bridgehead atoms. The van der Waals surface area contributed by atoms with Gasteiger partial charge in [-0.2, -0.15) is 0 Å². The second-order valence-electron chi connectivity index (χ2n) is 44.7. The third-order valence-electron chi connectivity index (χ3n) is 30.7. The van der Waals surface area contributed by atoms with E-state index in [-0.39, 0.29) is 16.2 Å². The van der Waals surface area contributed by atoms with Gasteiger partial charge in [0.2, 0.25) is 0 Å². The van der Waals surface area contributed by atoms with Crippen molar-refractivity contribution < 1.29 is 0 Å². The Kier molecular flexibility index (Phi) is 13.5. The Hall–Kier alpha value is -2.93. The van der Waals surface area contributed by atoms with Gasteiger partial charge in [0, 0.05) is 0 Å². The minimum absolute atomic E-state index is 0.0328. The third-order valence-corrected chi connectivity index (χ3v) is 37.1. The summed E-state index contributed by atoms with van der Waals surface area (Å²) < 4.78 is 10.5. The van der Waals surface area contributed by atoms with Gasteiger partial charge >= 0.3 is 542 Å². The zero-order valence-corrected chi connectivity index (χ0v) is 66.0. The zero-order valence-electron chi connectivity index (χ0n) is 62.6. The molecule has 95 heavy (non-hydrogen) atoms. The molecule has 2 aromatic carbocycles. The van der Waals surface area contributed by atoms with Crippen LogP contribution < -0.4 is 4.58 Å². The Bertz CT molecular complexity index is 3540. The van der Waals surface area contributed by atoms with Crippen molar-refractivity contribution in [2.24, 2.45) is 100.0 Å². The summed E-state index contributed by atoms with van der Waals surface area (Å²) in [5.74, 6) is 4.07. The van der Waals surface area contributed by atoms with Crippen molar-refractivity contribution in [1.82, 2.24) is 4.58 Å². The van der Waals surface area contributed by atoms with Gasteiger partial charge in [-0.3, -0.25) is 0 Å². The number of allylic oxidation sites excluding steroid dienone is 16. The van der Waals surface area contributed by atoms with Crippen molar-refractivity contribution in [3.05, 3.63) is 136 Å². The number of hydrogen-bond acceptors (Lipinski definition) is 0. The number of nitrogens with zero attached hydrogens (tertiary/aromatic N) is 1. The predicted octanol–water partition coefficient (Wildman–Crippen LogP) is 24.7. The molecule has 0 N–H and O–H groups in total. The van der Waals surface area contributed by atoms with Crippen LogP contribution in [-0.2, 0) is 10.8 Å². The van der Waals surface area contributed by atoms with E-state index in [1.807, 2.05) is 17.9 Å². The summed E-state index contributed by atoms with van der Waals surface area (Å²) in [4.78, 5) is 0. The molecule has 0 aromatic heterocycles. The maximum absolute atomic E-state index is 2.89. The molecule has 8 atom stereocenters. The fraction of sp³-hybridized carbons (Fsp3) is 0.685. The quantitative estimate of drug-likeness (QED) is 0.171. The molecule has 8 unspecified atom stereocenters.